The molecule has 1 rings (SSSR count). The second-order valence-corrected chi connectivity index (χ2v) is 6.01. The van der Waals surface area contributed by atoms with Gasteiger partial charge < -0.3 is 5.11 Å². The molecule has 0 radical (unpaired) electrons. The van der Waals surface area contributed by atoms with Gasteiger partial charge in [-0.1, -0.05) is 37.9 Å². The highest BCUT2D eigenvalue weighted by molar-refractivity contribution is 8.14. The summed E-state index contributed by atoms with van der Waals surface area (Å²) in [7, 11) is 0. The van der Waals surface area contributed by atoms with E-state index in [0.29, 0.717) is 11.7 Å². The van der Waals surface area contributed by atoms with Crippen molar-refractivity contribution in [2.45, 2.75) is 57.1 Å². The third-order valence-electron chi connectivity index (χ3n) is 2.89. The van der Waals surface area contributed by atoms with Crippen molar-refractivity contribution in [2.75, 3.05) is 0 Å². The van der Waals surface area contributed by atoms with Crippen molar-refractivity contribution in [1.29, 1.82) is 0 Å². The fourth-order valence-corrected chi connectivity index (χ4v) is 3.39. The summed E-state index contributed by atoms with van der Waals surface area (Å²) >= 11 is 1.44. The van der Waals surface area contributed by atoms with E-state index in [1.54, 1.807) is 0 Å². The minimum atomic E-state index is -0.817. The van der Waals surface area contributed by atoms with Crippen LogP contribution in [0.2, 0.25) is 0 Å². The van der Waals surface area contributed by atoms with Crippen LogP contribution in [0.4, 0.5) is 0 Å². The van der Waals surface area contributed by atoms with Crippen LogP contribution < -0.4 is 0 Å². The summed E-state index contributed by atoms with van der Waals surface area (Å²) in [4.78, 5) is 22.1. The van der Waals surface area contributed by atoms with Crippen LogP contribution in [-0.4, -0.2) is 21.4 Å². The van der Waals surface area contributed by atoms with Crippen molar-refractivity contribution in [3.63, 3.8) is 0 Å². The van der Waals surface area contributed by atoms with Gasteiger partial charge in [-0.2, -0.15) is 0 Å². The Labute approximate surface area is 101 Å². The van der Waals surface area contributed by atoms with E-state index in [4.69, 9.17) is 5.11 Å². The van der Waals surface area contributed by atoms with E-state index in [2.05, 4.69) is 0 Å². The zero-order chi connectivity index (χ0) is 12.0. The molecule has 0 amide bonds. The molecule has 0 spiro atoms. The van der Waals surface area contributed by atoms with Gasteiger partial charge in [0.05, 0.1) is 0 Å². The summed E-state index contributed by atoms with van der Waals surface area (Å²) in [5.74, 6) is -0.857. The summed E-state index contributed by atoms with van der Waals surface area (Å²) < 4.78 is 0. The zero-order valence-corrected chi connectivity index (χ0v) is 10.6. The number of hydrogen-bond acceptors (Lipinski definition) is 3. The fourth-order valence-electron chi connectivity index (χ4n) is 2.07. The first kappa shape index (κ1) is 13.6. The Morgan fingerprint density at radius 3 is 2.44 bits per heavy atom. The number of carbonyl (C=O) groups excluding carboxylic acids is 1. The van der Waals surface area contributed by atoms with E-state index in [9.17, 15) is 9.59 Å². The summed E-state index contributed by atoms with van der Waals surface area (Å²) in [5, 5.41) is 9.25. The van der Waals surface area contributed by atoms with Crippen LogP contribution in [0.1, 0.15) is 51.9 Å². The largest absolute Gasteiger partial charge is 0.481 e. The molecular formula is C12H20O3S. The molecule has 1 saturated carbocycles. The van der Waals surface area contributed by atoms with Crippen LogP contribution in [0.15, 0.2) is 0 Å². The number of rotatable bonds is 5. The van der Waals surface area contributed by atoms with Gasteiger partial charge in [0.15, 0.2) is 5.12 Å². The van der Waals surface area contributed by atoms with Gasteiger partial charge in [0.2, 0.25) is 0 Å². The highest BCUT2D eigenvalue weighted by Gasteiger charge is 2.19. The van der Waals surface area contributed by atoms with Crippen molar-refractivity contribution in [1.82, 2.24) is 0 Å². The first-order chi connectivity index (χ1) is 7.58. The van der Waals surface area contributed by atoms with Crippen LogP contribution >= 0.6 is 11.8 Å². The molecule has 4 heteroatoms. The molecule has 0 heterocycles. The third kappa shape index (κ3) is 5.54. The lowest BCUT2D eigenvalue weighted by atomic mass is 10.0. The Morgan fingerprint density at radius 2 is 1.88 bits per heavy atom. The summed E-state index contributed by atoms with van der Waals surface area (Å²) in [6.07, 6.45) is 6.53. The molecule has 1 atom stereocenters. The topological polar surface area (TPSA) is 54.4 Å². The number of thioether (sulfide) groups is 1. The highest BCUT2D eigenvalue weighted by Crippen LogP contribution is 2.30. The molecule has 3 nitrogen and oxygen atoms in total. The lowest BCUT2D eigenvalue weighted by Crippen LogP contribution is -2.14. The van der Waals surface area contributed by atoms with E-state index in [0.717, 1.165) is 12.8 Å². The van der Waals surface area contributed by atoms with Crippen LogP contribution in [-0.2, 0) is 9.59 Å². The van der Waals surface area contributed by atoms with Crippen molar-refractivity contribution in [3.05, 3.63) is 0 Å². The Kier molecular flexibility index (Phi) is 5.88. The van der Waals surface area contributed by atoms with Gasteiger partial charge in [-0.05, 0) is 18.8 Å². The second kappa shape index (κ2) is 6.94. The number of hydrogen-bond donors (Lipinski definition) is 1. The normalized spacial score (nSPS) is 19.3. The molecule has 0 aliphatic heterocycles. The number of carbonyl (C=O) groups is 2. The fraction of sp³-hybridized carbons (Fsp3) is 0.833. The van der Waals surface area contributed by atoms with Gasteiger partial charge in [-0.25, -0.2) is 0 Å². The lowest BCUT2D eigenvalue weighted by Gasteiger charge is -2.20. The van der Waals surface area contributed by atoms with Crippen LogP contribution in [0.5, 0.6) is 0 Å². The molecule has 0 aromatic rings. The summed E-state index contributed by atoms with van der Waals surface area (Å²) in [6, 6.07) is 0. The standard InChI is InChI=1S/C12H20O3S/c1-9(7-11(13)14)8-12(15)16-10-5-3-2-4-6-10/h9-10H,2-8H2,1H3,(H,13,14). The van der Waals surface area contributed by atoms with Crippen LogP contribution in [0, 0.1) is 5.92 Å². The first-order valence-corrected chi connectivity index (χ1v) is 6.87. The van der Waals surface area contributed by atoms with E-state index in [1.165, 1.54) is 31.0 Å². The number of aliphatic carboxylic acids is 1. The Bertz CT molecular complexity index is 247. The maximum Gasteiger partial charge on any atom is 0.303 e. The minimum Gasteiger partial charge on any atom is -0.481 e. The van der Waals surface area contributed by atoms with E-state index in [1.807, 2.05) is 6.92 Å². The molecule has 0 aromatic heterocycles. The molecule has 1 N–H and O–H groups in total. The molecule has 0 saturated heterocycles. The molecule has 0 bridgehead atoms. The molecule has 1 aliphatic carbocycles. The van der Waals surface area contributed by atoms with Gasteiger partial charge in [0, 0.05) is 18.1 Å². The highest BCUT2D eigenvalue weighted by atomic mass is 32.2. The first-order valence-electron chi connectivity index (χ1n) is 5.99. The van der Waals surface area contributed by atoms with Gasteiger partial charge in [0.1, 0.15) is 0 Å². The monoisotopic (exact) mass is 244 g/mol. The Balaban J connectivity index is 2.21. The van der Waals surface area contributed by atoms with Crippen molar-refractivity contribution in [3.8, 4) is 0 Å². The summed E-state index contributed by atoms with van der Waals surface area (Å²) in [6.45, 7) is 1.83. The molecule has 16 heavy (non-hydrogen) atoms. The Hall–Kier alpha value is -0.510. The summed E-state index contributed by atoms with van der Waals surface area (Å²) in [5.41, 5.74) is 0. The maximum atomic E-state index is 11.7. The van der Waals surface area contributed by atoms with Gasteiger partial charge >= 0.3 is 5.97 Å². The average molecular weight is 244 g/mol. The van der Waals surface area contributed by atoms with E-state index >= 15 is 0 Å². The quantitative estimate of drug-likeness (QED) is 0.807. The SMILES string of the molecule is CC(CC(=O)O)CC(=O)SC1CCCCC1. The van der Waals surface area contributed by atoms with Crippen molar-refractivity contribution in [2.24, 2.45) is 5.92 Å². The molecule has 92 valence electrons. The number of carboxylic acid groups (broad SMARTS) is 1. The van der Waals surface area contributed by atoms with Gasteiger partial charge in [-0.15, -0.1) is 0 Å². The predicted octanol–water partition coefficient (Wildman–Crippen LogP) is 3.08. The predicted molar refractivity (Wildman–Crippen MR) is 65.5 cm³/mol. The zero-order valence-electron chi connectivity index (χ0n) is 9.78. The Morgan fingerprint density at radius 1 is 1.25 bits per heavy atom. The van der Waals surface area contributed by atoms with Crippen molar-refractivity contribution >= 4 is 22.8 Å². The van der Waals surface area contributed by atoms with Gasteiger partial charge in [-0.3, -0.25) is 9.59 Å². The molecule has 1 unspecified atom stereocenters. The van der Waals surface area contributed by atoms with E-state index in [-0.39, 0.29) is 17.5 Å². The minimum absolute atomic E-state index is 0.0407. The second-order valence-electron chi connectivity index (χ2n) is 4.66. The van der Waals surface area contributed by atoms with E-state index < -0.39 is 5.97 Å². The molecule has 1 aliphatic rings. The van der Waals surface area contributed by atoms with Crippen molar-refractivity contribution < 1.29 is 14.7 Å². The number of carboxylic acids is 1. The van der Waals surface area contributed by atoms with Crippen LogP contribution in [0.25, 0.3) is 0 Å². The van der Waals surface area contributed by atoms with Crippen LogP contribution in [0.3, 0.4) is 0 Å². The maximum absolute atomic E-state index is 11.7. The molecular weight excluding hydrogens is 224 g/mol. The molecule has 1 fully saturated rings. The smallest absolute Gasteiger partial charge is 0.303 e. The molecule has 0 aromatic carbocycles. The third-order valence-corrected chi connectivity index (χ3v) is 4.12. The van der Waals surface area contributed by atoms with Gasteiger partial charge in [0.25, 0.3) is 0 Å². The average Bonchev–Trinajstić information content (AvgIpc) is 2.17. The lowest BCUT2D eigenvalue weighted by molar-refractivity contribution is -0.138.